The van der Waals surface area contributed by atoms with Crippen molar-refractivity contribution in [1.82, 2.24) is 0 Å². The van der Waals surface area contributed by atoms with Crippen LogP contribution in [-0.2, 0) is 4.74 Å². The molecule has 6 nitrogen and oxygen atoms in total. The summed E-state index contributed by atoms with van der Waals surface area (Å²) in [5.41, 5.74) is 4.39. The zero-order valence-corrected chi connectivity index (χ0v) is 14.9. The van der Waals surface area contributed by atoms with E-state index in [0.29, 0.717) is 0 Å². The number of benzene rings is 3. The van der Waals surface area contributed by atoms with Gasteiger partial charge in [0.1, 0.15) is 0 Å². The first-order valence-electron chi connectivity index (χ1n) is 8.80. The Balaban J connectivity index is 1.67. The molecule has 3 aliphatic heterocycles. The Hall–Kier alpha value is -3.12. The van der Waals surface area contributed by atoms with Crippen LogP contribution in [0.4, 0.5) is 5.69 Å². The van der Waals surface area contributed by atoms with Crippen molar-refractivity contribution in [2.45, 2.75) is 6.23 Å². The summed E-state index contributed by atoms with van der Waals surface area (Å²) < 4.78 is 28.2. The number of rotatable bonds is 1. The van der Waals surface area contributed by atoms with Crippen LogP contribution >= 0.6 is 0 Å². The molecule has 0 N–H and O–H groups in total. The molecule has 6 heteroatoms. The first-order chi connectivity index (χ1) is 13.2. The van der Waals surface area contributed by atoms with Gasteiger partial charge in [0, 0.05) is 30.7 Å². The first-order valence-corrected chi connectivity index (χ1v) is 8.80. The maximum Gasteiger partial charge on any atom is 0.231 e. The number of methoxy groups -OCH3 is 1. The molecule has 0 spiro atoms. The fraction of sp³-hybridized carbons (Fsp3) is 0.238. The highest BCUT2D eigenvalue weighted by Gasteiger charge is 2.33. The minimum absolute atomic E-state index is 0.224. The van der Waals surface area contributed by atoms with Crippen molar-refractivity contribution in [3.8, 4) is 34.1 Å². The molecule has 0 aliphatic carbocycles. The Morgan fingerprint density at radius 1 is 0.852 bits per heavy atom. The lowest BCUT2D eigenvalue weighted by molar-refractivity contribution is 0.103. The Morgan fingerprint density at radius 3 is 2.26 bits per heavy atom. The van der Waals surface area contributed by atoms with Gasteiger partial charge in [-0.25, -0.2) is 0 Å². The lowest BCUT2D eigenvalue weighted by atomic mass is 9.89. The minimum atomic E-state index is -0.224. The molecule has 1 atom stereocenters. The maximum absolute atomic E-state index is 5.86. The van der Waals surface area contributed by atoms with E-state index in [0.717, 1.165) is 56.1 Å². The topological polar surface area (TPSA) is 49.4 Å². The van der Waals surface area contributed by atoms with Crippen molar-refractivity contribution in [1.29, 1.82) is 0 Å². The summed E-state index contributed by atoms with van der Waals surface area (Å²) in [7, 11) is 3.77. The average molecular weight is 363 g/mol. The Labute approximate surface area is 155 Å². The second-order valence-corrected chi connectivity index (χ2v) is 6.88. The van der Waals surface area contributed by atoms with Crippen LogP contribution in [0.15, 0.2) is 36.4 Å². The van der Waals surface area contributed by atoms with Gasteiger partial charge in [0.2, 0.25) is 13.6 Å². The zero-order chi connectivity index (χ0) is 18.1. The van der Waals surface area contributed by atoms with Gasteiger partial charge in [-0.05, 0) is 35.2 Å². The van der Waals surface area contributed by atoms with Gasteiger partial charge < -0.3 is 28.6 Å². The van der Waals surface area contributed by atoms with Crippen molar-refractivity contribution in [2.75, 3.05) is 32.6 Å². The summed E-state index contributed by atoms with van der Waals surface area (Å²) in [6.45, 7) is 0.510. The van der Waals surface area contributed by atoms with Gasteiger partial charge in [0.25, 0.3) is 0 Å². The monoisotopic (exact) mass is 363 g/mol. The Morgan fingerprint density at radius 2 is 1.52 bits per heavy atom. The molecule has 0 radical (unpaired) electrons. The number of ether oxygens (including phenoxy) is 5. The molecule has 27 heavy (non-hydrogen) atoms. The largest absolute Gasteiger partial charge is 0.454 e. The van der Waals surface area contributed by atoms with E-state index in [4.69, 9.17) is 23.7 Å². The van der Waals surface area contributed by atoms with Crippen LogP contribution in [0.3, 0.4) is 0 Å². The van der Waals surface area contributed by atoms with Gasteiger partial charge in [0.05, 0.1) is 5.69 Å². The van der Waals surface area contributed by atoms with Gasteiger partial charge in [-0.2, -0.15) is 0 Å². The molecule has 0 aromatic heterocycles. The van der Waals surface area contributed by atoms with E-state index in [1.54, 1.807) is 7.11 Å². The van der Waals surface area contributed by atoms with E-state index in [-0.39, 0.29) is 19.8 Å². The summed E-state index contributed by atoms with van der Waals surface area (Å²) in [5.74, 6) is 3.09. The third-order valence-corrected chi connectivity index (χ3v) is 5.51. The van der Waals surface area contributed by atoms with Crippen LogP contribution in [0, 0.1) is 0 Å². The van der Waals surface area contributed by atoms with Crippen LogP contribution in [-0.4, -0.2) is 27.7 Å². The van der Waals surface area contributed by atoms with Gasteiger partial charge >= 0.3 is 0 Å². The molecule has 0 amide bonds. The number of hydrogen-bond acceptors (Lipinski definition) is 6. The highest BCUT2D eigenvalue weighted by molar-refractivity contribution is 6.05. The average Bonchev–Trinajstić information content (AvgIpc) is 3.33. The SMILES string of the molecule is CO[C@@H]1c2cc3c(cc2-c2ccc4cc5c(cc4c2N1C)OCO5)OCO3. The molecule has 0 unspecified atom stereocenters. The lowest BCUT2D eigenvalue weighted by Gasteiger charge is -2.37. The van der Waals surface area contributed by atoms with E-state index in [2.05, 4.69) is 23.1 Å². The third-order valence-electron chi connectivity index (χ3n) is 5.51. The summed E-state index contributed by atoms with van der Waals surface area (Å²) in [4.78, 5) is 2.16. The fourth-order valence-electron chi connectivity index (χ4n) is 4.30. The summed E-state index contributed by atoms with van der Waals surface area (Å²) in [5, 5.41) is 2.20. The maximum atomic E-state index is 5.86. The van der Waals surface area contributed by atoms with Gasteiger partial charge in [-0.3, -0.25) is 0 Å². The van der Waals surface area contributed by atoms with Gasteiger partial charge in [-0.15, -0.1) is 0 Å². The molecule has 0 saturated heterocycles. The predicted molar refractivity (Wildman–Crippen MR) is 99.8 cm³/mol. The molecule has 3 aromatic rings. The van der Waals surface area contributed by atoms with Gasteiger partial charge in [0.15, 0.2) is 29.2 Å². The fourth-order valence-corrected chi connectivity index (χ4v) is 4.30. The molecule has 0 bridgehead atoms. The van der Waals surface area contributed by atoms with E-state index in [1.165, 1.54) is 0 Å². The second-order valence-electron chi connectivity index (χ2n) is 6.88. The van der Waals surface area contributed by atoms with Crippen molar-refractivity contribution < 1.29 is 23.7 Å². The second kappa shape index (κ2) is 5.20. The molecule has 0 saturated carbocycles. The Bertz CT molecular complexity index is 1110. The van der Waals surface area contributed by atoms with Crippen molar-refractivity contribution >= 4 is 16.5 Å². The van der Waals surface area contributed by atoms with E-state index < -0.39 is 0 Å². The molecule has 3 heterocycles. The molecule has 3 aliphatic rings. The normalized spacial score (nSPS) is 18.6. The minimum Gasteiger partial charge on any atom is -0.454 e. The quantitative estimate of drug-likeness (QED) is 0.650. The molecule has 0 fully saturated rings. The summed E-state index contributed by atoms with van der Waals surface area (Å²) in [6, 6.07) is 12.4. The van der Waals surface area contributed by atoms with Crippen LogP contribution in [0.25, 0.3) is 21.9 Å². The summed E-state index contributed by atoms with van der Waals surface area (Å²) >= 11 is 0. The molecule has 3 aromatic carbocycles. The third kappa shape index (κ3) is 1.93. The summed E-state index contributed by atoms with van der Waals surface area (Å²) in [6.07, 6.45) is -0.224. The van der Waals surface area contributed by atoms with E-state index in [9.17, 15) is 0 Å². The van der Waals surface area contributed by atoms with Crippen LogP contribution in [0.2, 0.25) is 0 Å². The molecular formula is C21H17NO5. The number of anilines is 1. The van der Waals surface area contributed by atoms with Crippen molar-refractivity contribution in [2.24, 2.45) is 0 Å². The van der Waals surface area contributed by atoms with Crippen LogP contribution < -0.4 is 23.8 Å². The Kier molecular flexibility index (Phi) is 2.89. The molecule has 6 rings (SSSR count). The first kappa shape index (κ1) is 15.0. The van der Waals surface area contributed by atoms with E-state index >= 15 is 0 Å². The molecular weight excluding hydrogens is 346 g/mol. The van der Waals surface area contributed by atoms with Crippen LogP contribution in [0.1, 0.15) is 11.8 Å². The van der Waals surface area contributed by atoms with Gasteiger partial charge in [-0.1, -0.05) is 12.1 Å². The number of fused-ring (bicyclic) bond motifs is 7. The number of nitrogens with zero attached hydrogens (tertiary/aromatic N) is 1. The lowest BCUT2D eigenvalue weighted by Crippen LogP contribution is -2.29. The highest BCUT2D eigenvalue weighted by atomic mass is 16.7. The van der Waals surface area contributed by atoms with Crippen molar-refractivity contribution in [3.63, 3.8) is 0 Å². The standard InChI is InChI=1S/C21H17NO5/c1-22-20-12(4-3-11-5-16-17(6-13(11)20)25-9-24-16)14-7-18-19(27-10-26-18)8-15(14)21(22)23-2/h3-8,21H,9-10H2,1-2H3/t21-/m1/s1. The highest BCUT2D eigenvalue weighted by Crippen LogP contribution is 2.52. The smallest absolute Gasteiger partial charge is 0.231 e. The zero-order valence-electron chi connectivity index (χ0n) is 14.9. The van der Waals surface area contributed by atoms with Crippen LogP contribution in [0.5, 0.6) is 23.0 Å². The molecule has 136 valence electrons. The van der Waals surface area contributed by atoms with E-state index in [1.807, 2.05) is 25.2 Å². The van der Waals surface area contributed by atoms with Crippen molar-refractivity contribution in [3.05, 3.63) is 42.0 Å². The number of hydrogen-bond donors (Lipinski definition) is 0. The predicted octanol–water partition coefficient (Wildman–Crippen LogP) is 4.06.